The second-order valence-corrected chi connectivity index (χ2v) is 5.31. The van der Waals surface area contributed by atoms with Crippen LogP contribution in [-0.4, -0.2) is 34.9 Å². The molecule has 0 aliphatic carbocycles. The molecule has 0 saturated heterocycles. The maximum Gasteiger partial charge on any atom is 0.251 e. The first-order valence-corrected chi connectivity index (χ1v) is 7.48. The van der Waals surface area contributed by atoms with Crippen molar-refractivity contribution in [2.75, 3.05) is 13.7 Å². The van der Waals surface area contributed by atoms with E-state index < -0.39 is 28.6 Å². The van der Waals surface area contributed by atoms with Crippen LogP contribution in [0.2, 0.25) is 0 Å². The van der Waals surface area contributed by atoms with Gasteiger partial charge in [-0.25, -0.2) is 0 Å². The first-order valence-electron chi connectivity index (χ1n) is 7.48. The minimum absolute atomic E-state index is 0.0357. The zero-order valence-electron chi connectivity index (χ0n) is 13.4. The Morgan fingerprint density at radius 3 is 2.46 bits per heavy atom. The van der Waals surface area contributed by atoms with E-state index in [-0.39, 0.29) is 22.1 Å². The highest BCUT2D eigenvalue weighted by atomic mass is 16.5. The fourth-order valence-corrected chi connectivity index (χ4v) is 2.33. The summed E-state index contributed by atoms with van der Waals surface area (Å²) in [6.45, 7) is 2.44. The zero-order chi connectivity index (χ0) is 17.9. The molecule has 0 aliphatic heterocycles. The molecule has 4 N–H and O–H groups in total. The van der Waals surface area contributed by atoms with Gasteiger partial charge in [0.15, 0.2) is 17.2 Å². The first kappa shape index (κ1) is 17.4. The minimum Gasteiger partial charge on any atom is -0.504 e. The van der Waals surface area contributed by atoms with Gasteiger partial charge in [-0.15, -0.1) is 0 Å². The van der Waals surface area contributed by atoms with Gasteiger partial charge in [-0.1, -0.05) is 13.3 Å². The number of unbranched alkanes of at least 4 members (excludes halogenated alkanes) is 1. The number of ether oxygens (including phenoxy) is 1. The molecule has 0 bridgehead atoms. The lowest BCUT2D eigenvalue weighted by atomic mass is 10.1. The lowest BCUT2D eigenvalue weighted by molar-refractivity contribution is 0.0953. The number of hydrogen-bond donors (Lipinski definition) is 4. The average molecular weight is 333 g/mol. The van der Waals surface area contributed by atoms with Gasteiger partial charge < -0.3 is 25.4 Å². The predicted molar refractivity (Wildman–Crippen MR) is 89.0 cm³/mol. The number of amides is 1. The number of phenols is 2. The Balaban J connectivity index is 2.69. The van der Waals surface area contributed by atoms with Gasteiger partial charge in [0, 0.05) is 18.2 Å². The topological polar surface area (TPSA) is 116 Å². The fourth-order valence-electron chi connectivity index (χ4n) is 2.33. The third-order valence-corrected chi connectivity index (χ3v) is 3.64. The molecular formula is C17H19NO6. The highest BCUT2D eigenvalue weighted by Gasteiger charge is 2.18. The van der Waals surface area contributed by atoms with Crippen molar-refractivity contribution in [2.24, 2.45) is 0 Å². The molecule has 0 radical (unpaired) electrons. The summed E-state index contributed by atoms with van der Waals surface area (Å²) in [7, 11) is 1.29. The Kier molecular flexibility index (Phi) is 5.13. The van der Waals surface area contributed by atoms with Gasteiger partial charge in [0.25, 0.3) is 5.91 Å². The van der Waals surface area contributed by atoms with Gasteiger partial charge >= 0.3 is 0 Å². The summed E-state index contributed by atoms with van der Waals surface area (Å²) >= 11 is 0. The molecule has 0 spiro atoms. The number of benzene rings is 1. The minimum atomic E-state index is -0.842. The molecule has 0 unspecified atom stereocenters. The Hall–Kier alpha value is -2.96. The molecule has 2 rings (SSSR count). The Bertz CT molecular complexity index is 847. The second kappa shape index (κ2) is 7.08. The molecule has 0 fully saturated rings. The van der Waals surface area contributed by atoms with Crippen LogP contribution in [0.5, 0.6) is 23.0 Å². The van der Waals surface area contributed by atoms with Crippen LogP contribution in [0.4, 0.5) is 0 Å². The zero-order valence-corrected chi connectivity index (χ0v) is 13.4. The molecule has 0 saturated carbocycles. The Morgan fingerprint density at radius 2 is 1.83 bits per heavy atom. The van der Waals surface area contributed by atoms with E-state index in [0.29, 0.717) is 6.54 Å². The number of carbonyl (C=O) groups excluding carboxylic acids is 1. The highest BCUT2D eigenvalue weighted by molar-refractivity contribution is 6.01. The Morgan fingerprint density at radius 1 is 1.12 bits per heavy atom. The number of rotatable bonds is 5. The van der Waals surface area contributed by atoms with E-state index >= 15 is 0 Å². The number of aromatic hydroxyl groups is 3. The first-order chi connectivity index (χ1) is 11.4. The fraction of sp³-hybridized carbons (Fsp3) is 0.294. The largest absolute Gasteiger partial charge is 0.504 e. The van der Waals surface area contributed by atoms with Crippen molar-refractivity contribution >= 4 is 16.7 Å². The van der Waals surface area contributed by atoms with Crippen LogP contribution in [0.3, 0.4) is 0 Å². The number of fused-ring (bicyclic) bond motifs is 1. The molecule has 0 heterocycles. The van der Waals surface area contributed by atoms with E-state index in [4.69, 9.17) is 4.74 Å². The number of phenolic OH excluding ortho intramolecular Hbond substituents is 2. The van der Waals surface area contributed by atoms with Crippen LogP contribution in [0.25, 0.3) is 10.8 Å². The molecule has 2 aromatic rings. The van der Waals surface area contributed by atoms with Crippen molar-refractivity contribution in [3.8, 4) is 23.0 Å². The van der Waals surface area contributed by atoms with Crippen LogP contribution in [0, 0.1) is 0 Å². The van der Waals surface area contributed by atoms with Gasteiger partial charge in [0.1, 0.15) is 0 Å². The van der Waals surface area contributed by atoms with Crippen LogP contribution < -0.4 is 15.5 Å². The summed E-state index contributed by atoms with van der Waals surface area (Å²) in [5.41, 5.74) is -0.806. The van der Waals surface area contributed by atoms with E-state index in [2.05, 4.69) is 5.32 Å². The third kappa shape index (κ3) is 3.19. The molecular weight excluding hydrogens is 314 g/mol. The molecule has 7 nitrogen and oxygen atoms in total. The Labute approximate surface area is 138 Å². The standard InChI is InChI=1S/C17H19NO6/c1-3-4-5-18-17(23)10-6-9-8-12(24-2)15(21)16(22)13(9)14(20)11(19)7-10/h6-8,21-22H,3-5H2,1-2H3,(H,18,23)(H,19,20). The van der Waals surface area contributed by atoms with Gasteiger partial charge in [-0.3, -0.25) is 9.59 Å². The summed E-state index contributed by atoms with van der Waals surface area (Å²) in [4.78, 5) is 24.2. The second-order valence-electron chi connectivity index (χ2n) is 5.31. The third-order valence-electron chi connectivity index (χ3n) is 3.64. The summed E-state index contributed by atoms with van der Waals surface area (Å²) < 4.78 is 4.94. The van der Waals surface area contributed by atoms with Crippen LogP contribution >= 0.6 is 0 Å². The molecule has 2 aromatic carbocycles. The number of hydrogen-bond acceptors (Lipinski definition) is 6. The molecule has 0 aromatic heterocycles. The summed E-state index contributed by atoms with van der Waals surface area (Å²) in [6, 6.07) is 3.66. The lowest BCUT2D eigenvalue weighted by Gasteiger charge is -2.08. The van der Waals surface area contributed by atoms with Crippen molar-refractivity contribution in [1.82, 2.24) is 5.32 Å². The molecule has 0 aliphatic rings. The van der Waals surface area contributed by atoms with Crippen molar-refractivity contribution < 1.29 is 24.9 Å². The number of methoxy groups -OCH3 is 1. The van der Waals surface area contributed by atoms with Crippen molar-refractivity contribution in [1.29, 1.82) is 0 Å². The molecule has 1 amide bonds. The number of carbonyl (C=O) groups is 1. The molecule has 128 valence electrons. The van der Waals surface area contributed by atoms with E-state index in [1.165, 1.54) is 19.2 Å². The molecule has 7 heteroatoms. The van der Waals surface area contributed by atoms with Gasteiger partial charge in [0.2, 0.25) is 11.2 Å². The summed E-state index contributed by atoms with van der Waals surface area (Å²) in [5.74, 6) is -2.56. The smallest absolute Gasteiger partial charge is 0.251 e. The monoisotopic (exact) mass is 333 g/mol. The lowest BCUT2D eigenvalue weighted by Crippen LogP contribution is -2.24. The normalized spacial score (nSPS) is 10.6. The van der Waals surface area contributed by atoms with E-state index in [9.17, 15) is 24.9 Å². The molecule has 24 heavy (non-hydrogen) atoms. The van der Waals surface area contributed by atoms with Crippen molar-refractivity contribution in [3.05, 3.63) is 34.0 Å². The summed E-state index contributed by atoms with van der Waals surface area (Å²) in [5, 5.41) is 32.6. The van der Waals surface area contributed by atoms with E-state index in [0.717, 1.165) is 18.9 Å². The van der Waals surface area contributed by atoms with Crippen molar-refractivity contribution in [3.63, 3.8) is 0 Å². The van der Waals surface area contributed by atoms with Gasteiger partial charge in [0.05, 0.1) is 12.5 Å². The van der Waals surface area contributed by atoms with Crippen LogP contribution in [0.15, 0.2) is 23.0 Å². The molecule has 0 atom stereocenters. The number of nitrogens with one attached hydrogen (secondary N) is 1. The quantitative estimate of drug-likeness (QED) is 0.490. The summed E-state index contributed by atoms with van der Waals surface area (Å²) in [6.07, 6.45) is 1.70. The van der Waals surface area contributed by atoms with E-state index in [1.54, 1.807) is 0 Å². The van der Waals surface area contributed by atoms with Crippen LogP contribution in [0.1, 0.15) is 30.1 Å². The van der Waals surface area contributed by atoms with Gasteiger partial charge in [-0.05, 0) is 23.9 Å². The van der Waals surface area contributed by atoms with Gasteiger partial charge in [-0.2, -0.15) is 0 Å². The van der Waals surface area contributed by atoms with Crippen molar-refractivity contribution in [2.45, 2.75) is 19.8 Å². The highest BCUT2D eigenvalue weighted by Crippen LogP contribution is 2.43. The predicted octanol–water partition coefficient (Wildman–Crippen LogP) is 1.86. The van der Waals surface area contributed by atoms with E-state index in [1.807, 2.05) is 6.92 Å². The maximum absolute atomic E-state index is 12.2. The van der Waals surface area contributed by atoms with Crippen LogP contribution in [-0.2, 0) is 0 Å². The maximum atomic E-state index is 12.2. The average Bonchev–Trinajstić information content (AvgIpc) is 2.68. The SMILES string of the molecule is CCCCNC(=O)c1cc(=O)c(O)c2c(O)c(O)c(OC)cc2c1.